The second-order valence-electron chi connectivity index (χ2n) is 6.89. The predicted molar refractivity (Wildman–Crippen MR) is 108 cm³/mol. The fourth-order valence-electron chi connectivity index (χ4n) is 3.67. The van der Waals surface area contributed by atoms with Gasteiger partial charge in [-0.1, -0.05) is 0 Å². The van der Waals surface area contributed by atoms with Crippen LogP contribution in [0.3, 0.4) is 0 Å². The van der Waals surface area contributed by atoms with Crippen molar-refractivity contribution in [3.8, 4) is 17.6 Å². The molecule has 0 aliphatic carbocycles. The van der Waals surface area contributed by atoms with Crippen molar-refractivity contribution < 1.29 is 14.6 Å². The van der Waals surface area contributed by atoms with Crippen molar-refractivity contribution >= 4 is 17.5 Å². The lowest BCUT2D eigenvalue weighted by atomic mass is 9.95. The van der Waals surface area contributed by atoms with Crippen LogP contribution in [0.2, 0.25) is 0 Å². The molecule has 0 saturated carbocycles. The van der Waals surface area contributed by atoms with E-state index in [-0.39, 0.29) is 0 Å². The van der Waals surface area contributed by atoms with E-state index in [2.05, 4.69) is 16.0 Å². The molecular formula is C20H27N3O3S. The first-order valence-corrected chi connectivity index (χ1v) is 10.4. The normalized spacial score (nSPS) is 19.0. The number of thioether (sulfide) groups is 1. The van der Waals surface area contributed by atoms with Gasteiger partial charge in [0, 0.05) is 24.4 Å². The Morgan fingerprint density at radius 3 is 2.63 bits per heavy atom. The van der Waals surface area contributed by atoms with Gasteiger partial charge < -0.3 is 19.5 Å². The SMILES string of the molecule is COc1cc2c(cc1OC)C(C(C#N)SCC(O)CN1CCCC1)=NCC2. The van der Waals surface area contributed by atoms with Gasteiger partial charge in [-0.25, -0.2) is 0 Å². The summed E-state index contributed by atoms with van der Waals surface area (Å²) in [6, 6.07) is 6.25. The summed E-state index contributed by atoms with van der Waals surface area (Å²) in [6.45, 7) is 3.46. The smallest absolute Gasteiger partial charge is 0.161 e. The molecule has 1 N–H and O–H groups in total. The number of aliphatic hydroxyl groups is 1. The summed E-state index contributed by atoms with van der Waals surface area (Å²) >= 11 is 1.47. The molecule has 27 heavy (non-hydrogen) atoms. The Kier molecular flexibility index (Phi) is 7.00. The minimum atomic E-state index is -0.432. The number of benzene rings is 1. The van der Waals surface area contributed by atoms with Gasteiger partial charge in [0.25, 0.3) is 0 Å². The zero-order valence-electron chi connectivity index (χ0n) is 16.0. The predicted octanol–water partition coefficient (Wildman–Crippen LogP) is 2.13. The quantitative estimate of drug-likeness (QED) is 0.734. The fourth-order valence-corrected chi connectivity index (χ4v) is 4.63. The Hall–Kier alpha value is -1.75. The third-order valence-corrected chi connectivity index (χ3v) is 6.28. The number of hydrogen-bond donors (Lipinski definition) is 1. The van der Waals surface area contributed by atoms with Crippen molar-refractivity contribution in [3.05, 3.63) is 23.3 Å². The standard InChI is InChI=1S/C20H27N3O3S/c1-25-17-9-14-5-6-22-20(16(14)10-18(17)26-2)19(11-21)27-13-15(24)12-23-7-3-4-8-23/h9-10,15,19,24H,3-8,12-13H2,1-2H3. The van der Waals surface area contributed by atoms with Crippen LogP contribution in [-0.2, 0) is 6.42 Å². The Morgan fingerprint density at radius 2 is 1.96 bits per heavy atom. The van der Waals surface area contributed by atoms with Crippen LogP contribution in [0.4, 0.5) is 0 Å². The maximum Gasteiger partial charge on any atom is 0.161 e. The number of methoxy groups -OCH3 is 2. The molecule has 0 bridgehead atoms. The van der Waals surface area contributed by atoms with Gasteiger partial charge in [0.1, 0.15) is 5.25 Å². The van der Waals surface area contributed by atoms with Gasteiger partial charge in [0.05, 0.1) is 32.1 Å². The molecule has 3 rings (SSSR count). The van der Waals surface area contributed by atoms with E-state index < -0.39 is 11.4 Å². The molecule has 1 aromatic carbocycles. The number of aliphatic imine (C=N–C) groups is 1. The first-order valence-electron chi connectivity index (χ1n) is 9.37. The Morgan fingerprint density at radius 1 is 1.26 bits per heavy atom. The first kappa shape index (κ1) is 20.0. The Bertz CT molecular complexity index is 726. The van der Waals surface area contributed by atoms with Crippen molar-refractivity contribution in [1.29, 1.82) is 5.26 Å². The summed E-state index contributed by atoms with van der Waals surface area (Å²) in [6.07, 6.45) is 2.80. The van der Waals surface area contributed by atoms with Crippen molar-refractivity contribution in [2.24, 2.45) is 4.99 Å². The van der Waals surface area contributed by atoms with Gasteiger partial charge in [0.2, 0.25) is 0 Å². The number of fused-ring (bicyclic) bond motifs is 1. The van der Waals surface area contributed by atoms with E-state index >= 15 is 0 Å². The minimum absolute atomic E-state index is 0.407. The highest BCUT2D eigenvalue weighted by Crippen LogP contribution is 2.34. The molecule has 0 amide bonds. The number of likely N-dealkylation sites (tertiary alicyclic amines) is 1. The number of rotatable bonds is 8. The van der Waals surface area contributed by atoms with Crippen molar-refractivity contribution in [2.75, 3.05) is 46.2 Å². The van der Waals surface area contributed by atoms with E-state index in [1.165, 1.54) is 24.6 Å². The van der Waals surface area contributed by atoms with E-state index in [9.17, 15) is 10.4 Å². The summed E-state index contributed by atoms with van der Waals surface area (Å²) < 4.78 is 10.8. The number of ether oxygens (including phenoxy) is 2. The summed E-state index contributed by atoms with van der Waals surface area (Å²) in [4.78, 5) is 6.93. The van der Waals surface area contributed by atoms with Crippen molar-refractivity contribution in [1.82, 2.24) is 4.90 Å². The van der Waals surface area contributed by atoms with Crippen LogP contribution in [0.5, 0.6) is 11.5 Å². The molecule has 2 aliphatic rings. The van der Waals surface area contributed by atoms with Gasteiger partial charge in [-0.2, -0.15) is 5.26 Å². The molecule has 1 saturated heterocycles. The topological polar surface area (TPSA) is 78.1 Å². The molecular weight excluding hydrogens is 362 g/mol. The average Bonchev–Trinajstić information content (AvgIpc) is 3.20. The molecule has 146 valence electrons. The molecule has 2 aliphatic heterocycles. The zero-order valence-corrected chi connectivity index (χ0v) is 16.8. The number of hydrogen-bond acceptors (Lipinski definition) is 7. The molecule has 1 aromatic rings. The number of nitriles is 1. The zero-order chi connectivity index (χ0) is 19.2. The maximum atomic E-state index is 10.3. The highest BCUT2D eigenvalue weighted by Gasteiger charge is 2.26. The molecule has 6 nitrogen and oxygen atoms in total. The molecule has 7 heteroatoms. The van der Waals surface area contributed by atoms with E-state index in [1.54, 1.807) is 14.2 Å². The lowest BCUT2D eigenvalue weighted by Crippen LogP contribution is -2.32. The molecule has 2 unspecified atom stereocenters. The highest BCUT2D eigenvalue weighted by molar-refractivity contribution is 8.00. The third kappa shape index (κ3) is 4.75. The van der Waals surface area contributed by atoms with Gasteiger partial charge >= 0.3 is 0 Å². The number of aliphatic hydroxyl groups excluding tert-OH is 1. The van der Waals surface area contributed by atoms with Crippen LogP contribution >= 0.6 is 11.8 Å². The summed E-state index contributed by atoms with van der Waals surface area (Å²) in [5.41, 5.74) is 2.85. The molecule has 2 atom stereocenters. The van der Waals surface area contributed by atoms with Crippen molar-refractivity contribution in [2.45, 2.75) is 30.6 Å². The lowest BCUT2D eigenvalue weighted by molar-refractivity contribution is 0.144. The van der Waals surface area contributed by atoms with E-state index in [4.69, 9.17) is 9.47 Å². The van der Waals surface area contributed by atoms with Gasteiger partial charge in [0.15, 0.2) is 11.5 Å². The van der Waals surface area contributed by atoms with Crippen LogP contribution in [0.1, 0.15) is 24.0 Å². The van der Waals surface area contributed by atoms with Crippen LogP contribution in [0.25, 0.3) is 0 Å². The Balaban J connectivity index is 1.70. The molecule has 0 aromatic heterocycles. The minimum Gasteiger partial charge on any atom is -0.493 e. The second kappa shape index (κ2) is 9.45. The summed E-state index contributed by atoms with van der Waals surface area (Å²) in [7, 11) is 3.23. The van der Waals surface area contributed by atoms with E-state index in [0.717, 1.165) is 36.3 Å². The van der Waals surface area contributed by atoms with Crippen LogP contribution in [0.15, 0.2) is 17.1 Å². The molecule has 2 heterocycles. The molecule has 1 fully saturated rings. The molecule has 0 spiro atoms. The van der Waals surface area contributed by atoms with E-state index in [0.29, 0.717) is 30.3 Å². The first-order chi connectivity index (χ1) is 13.2. The molecule has 0 radical (unpaired) electrons. The lowest BCUT2D eigenvalue weighted by Gasteiger charge is -2.23. The van der Waals surface area contributed by atoms with Crippen molar-refractivity contribution in [3.63, 3.8) is 0 Å². The Labute approximate surface area is 165 Å². The summed E-state index contributed by atoms with van der Waals surface area (Å²) in [5.74, 6) is 1.86. The van der Waals surface area contributed by atoms with Gasteiger partial charge in [-0.3, -0.25) is 4.99 Å². The average molecular weight is 390 g/mol. The van der Waals surface area contributed by atoms with E-state index in [1.807, 2.05) is 12.1 Å². The fraction of sp³-hybridized carbons (Fsp3) is 0.600. The summed E-state index contributed by atoms with van der Waals surface area (Å²) in [5, 5.41) is 19.7. The van der Waals surface area contributed by atoms with Crippen LogP contribution < -0.4 is 9.47 Å². The third-order valence-electron chi connectivity index (χ3n) is 5.04. The number of nitrogens with zero attached hydrogens (tertiary/aromatic N) is 3. The number of β-amino-alcohol motifs (C(OH)–C–C–N with tert-alkyl or cyclic N) is 1. The monoisotopic (exact) mass is 389 g/mol. The largest absolute Gasteiger partial charge is 0.493 e. The second-order valence-corrected chi connectivity index (χ2v) is 8.02. The highest BCUT2D eigenvalue weighted by atomic mass is 32.2. The maximum absolute atomic E-state index is 10.3. The van der Waals surface area contributed by atoms with Gasteiger partial charge in [-0.05, 0) is 50.0 Å². The van der Waals surface area contributed by atoms with Crippen LogP contribution in [-0.4, -0.2) is 73.2 Å². The van der Waals surface area contributed by atoms with Crippen LogP contribution in [0, 0.1) is 11.3 Å². The van der Waals surface area contributed by atoms with Gasteiger partial charge in [-0.15, -0.1) is 11.8 Å².